The molecule has 0 N–H and O–H groups in total. The molecule has 7 heteroatoms. The van der Waals surface area contributed by atoms with E-state index in [4.69, 9.17) is 4.74 Å². The first kappa shape index (κ1) is 18.0. The van der Waals surface area contributed by atoms with E-state index in [9.17, 15) is 13.6 Å². The molecule has 0 spiro atoms. The number of carbonyl (C=O) groups excluding carboxylic acids is 1. The molecule has 1 amide bonds. The van der Waals surface area contributed by atoms with Crippen molar-refractivity contribution >= 4 is 27.7 Å². The molecule has 1 fully saturated rings. The monoisotopic (exact) mass is 390 g/mol. The highest BCUT2D eigenvalue weighted by molar-refractivity contribution is 9.10. The fraction of sp³-hybridized carbons (Fsp3) is 0.562. The third kappa shape index (κ3) is 4.34. The number of benzene rings is 1. The van der Waals surface area contributed by atoms with Crippen molar-refractivity contribution in [3.63, 3.8) is 0 Å². The molecule has 0 aliphatic carbocycles. The summed E-state index contributed by atoms with van der Waals surface area (Å²) in [6.45, 7) is 6.41. The van der Waals surface area contributed by atoms with Gasteiger partial charge < -0.3 is 14.5 Å². The molecule has 23 heavy (non-hydrogen) atoms. The minimum Gasteiger partial charge on any atom is -0.444 e. The fourth-order valence-electron chi connectivity index (χ4n) is 2.51. The number of rotatable bonds is 2. The number of hydrogen-bond donors (Lipinski definition) is 0. The van der Waals surface area contributed by atoms with Gasteiger partial charge in [0.05, 0.1) is 16.2 Å². The van der Waals surface area contributed by atoms with Crippen LogP contribution in [0.15, 0.2) is 16.6 Å². The van der Waals surface area contributed by atoms with E-state index >= 15 is 0 Å². The van der Waals surface area contributed by atoms with E-state index in [-0.39, 0.29) is 16.2 Å². The molecule has 0 bridgehead atoms. The third-order valence-corrected chi connectivity index (χ3v) is 4.33. The highest BCUT2D eigenvalue weighted by Gasteiger charge is 2.32. The predicted octanol–water partition coefficient (Wildman–Crippen LogP) is 4.17. The molecule has 128 valence electrons. The van der Waals surface area contributed by atoms with Gasteiger partial charge in [0.1, 0.15) is 17.2 Å². The van der Waals surface area contributed by atoms with E-state index in [1.807, 2.05) is 0 Å². The van der Waals surface area contributed by atoms with Crippen LogP contribution in [0.1, 0.15) is 27.2 Å². The molecular formula is C16H21BrF2N2O2. The first-order valence-electron chi connectivity index (χ1n) is 7.44. The second kappa shape index (κ2) is 6.63. The summed E-state index contributed by atoms with van der Waals surface area (Å²) in [5.74, 6) is -0.996. The third-order valence-electron chi connectivity index (χ3n) is 3.72. The predicted molar refractivity (Wildman–Crippen MR) is 88.7 cm³/mol. The van der Waals surface area contributed by atoms with E-state index in [1.54, 1.807) is 32.7 Å². The maximum atomic E-state index is 14.0. The zero-order valence-electron chi connectivity index (χ0n) is 13.7. The Morgan fingerprint density at radius 1 is 1.35 bits per heavy atom. The highest BCUT2D eigenvalue weighted by Crippen LogP contribution is 2.30. The van der Waals surface area contributed by atoms with Crippen LogP contribution in [0.25, 0.3) is 0 Å². The maximum absolute atomic E-state index is 14.0. The number of anilines is 1. The van der Waals surface area contributed by atoms with Crippen LogP contribution in [-0.2, 0) is 4.74 Å². The Balaban J connectivity index is 2.06. The van der Waals surface area contributed by atoms with Gasteiger partial charge in [0.25, 0.3) is 0 Å². The normalized spacial score (nSPS) is 18.2. The van der Waals surface area contributed by atoms with Crippen molar-refractivity contribution in [1.82, 2.24) is 4.90 Å². The van der Waals surface area contributed by atoms with Gasteiger partial charge in [-0.2, -0.15) is 0 Å². The van der Waals surface area contributed by atoms with Gasteiger partial charge >= 0.3 is 6.09 Å². The van der Waals surface area contributed by atoms with Crippen molar-refractivity contribution in [1.29, 1.82) is 0 Å². The molecule has 1 unspecified atom stereocenters. The molecule has 4 nitrogen and oxygen atoms in total. The second-order valence-corrected chi connectivity index (χ2v) is 7.55. The summed E-state index contributed by atoms with van der Waals surface area (Å²) in [6, 6.07) is 2.20. The first-order chi connectivity index (χ1) is 10.6. The van der Waals surface area contributed by atoms with Gasteiger partial charge in [0.15, 0.2) is 0 Å². The number of carbonyl (C=O) groups is 1. The summed E-state index contributed by atoms with van der Waals surface area (Å²) < 4.78 is 33.1. The molecular weight excluding hydrogens is 370 g/mol. The largest absolute Gasteiger partial charge is 0.444 e. The molecule has 1 aromatic rings. The van der Waals surface area contributed by atoms with E-state index in [0.29, 0.717) is 19.5 Å². The van der Waals surface area contributed by atoms with E-state index < -0.39 is 23.3 Å². The van der Waals surface area contributed by atoms with Gasteiger partial charge in [-0.15, -0.1) is 0 Å². The van der Waals surface area contributed by atoms with Crippen molar-refractivity contribution < 1.29 is 18.3 Å². The van der Waals surface area contributed by atoms with Gasteiger partial charge in [0.2, 0.25) is 0 Å². The molecule has 1 aliphatic heterocycles. The SMILES string of the molecule is CN(C(=O)OC(C)(C)C)C1CCN(c2cc(F)c(Br)cc2F)C1. The lowest BCUT2D eigenvalue weighted by molar-refractivity contribution is 0.0238. The Hall–Kier alpha value is -1.37. The molecule has 1 heterocycles. The average Bonchev–Trinajstić information content (AvgIpc) is 2.89. The highest BCUT2D eigenvalue weighted by atomic mass is 79.9. The summed E-state index contributed by atoms with van der Waals surface area (Å²) >= 11 is 2.97. The lowest BCUT2D eigenvalue weighted by Crippen LogP contribution is -2.42. The molecule has 2 rings (SSSR count). The van der Waals surface area contributed by atoms with Gasteiger partial charge in [0, 0.05) is 26.2 Å². The van der Waals surface area contributed by atoms with Crippen LogP contribution < -0.4 is 4.90 Å². The van der Waals surface area contributed by atoms with Crippen LogP contribution in [0.2, 0.25) is 0 Å². The molecule has 0 aromatic heterocycles. The quantitative estimate of drug-likeness (QED) is 0.710. The number of likely N-dealkylation sites (N-methyl/N-ethyl adjacent to an activating group) is 1. The minimum absolute atomic E-state index is 0.0976. The first-order valence-corrected chi connectivity index (χ1v) is 8.23. The van der Waals surface area contributed by atoms with E-state index in [2.05, 4.69) is 15.9 Å². The van der Waals surface area contributed by atoms with Crippen LogP contribution in [0, 0.1) is 11.6 Å². The molecule has 0 radical (unpaired) electrons. The zero-order valence-corrected chi connectivity index (χ0v) is 15.3. The number of hydrogen-bond acceptors (Lipinski definition) is 3. The fourth-order valence-corrected chi connectivity index (χ4v) is 2.83. The van der Waals surface area contributed by atoms with Crippen molar-refractivity contribution in [2.24, 2.45) is 0 Å². The molecule has 0 saturated carbocycles. The summed E-state index contributed by atoms with van der Waals surface area (Å²) in [5, 5.41) is 0. The lowest BCUT2D eigenvalue weighted by Gasteiger charge is -2.29. The molecule has 1 saturated heterocycles. The number of halogens is 3. The smallest absolute Gasteiger partial charge is 0.410 e. The molecule has 1 atom stereocenters. The summed E-state index contributed by atoms with van der Waals surface area (Å²) in [7, 11) is 1.67. The van der Waals surface area contributed by atoms with Crippen molar-refractivity contribution in [3.05, 3.63) is 28.2 Å². The van der Waals surface area contributed by atoms with Crippen LogP contribution in [0.4, 0.5) is 19.3 Å². The topological polar surface area (TPSA) is 32.8 Å². The van der Waals surface area contributed by atoms with Crippen molar-refractivity contribution in [3.8, 4) is 0 Å². The Labute approximate surface area is 143 Å². The molecule has 1 aliphatic rings. The van der Waals surface area contributed by atoms with Crippen molar-refractivity contribution in [2.45, 2.75) is 38.8 Å². The van der Waals surface area contributed by atoms with Crippen LogP contribution in [-0.4, -0.2) is 42.8 Å². The lowest BCUT2D eigenvalue weighted by atomic mass is 10.2. The average molecular weight is 391 g/mol. The number of amides is 1. The van der Waals surface area contributed by atoms with Crippen LogP contribution in [0.5, 0.6) is 0 Å². The minimum atomic E-state index is -0.565. The van der Waals surface area contributed by atoms with Gasteiger partial charge in [-0.05, 0) is 49.2 Å². The van der Waals surface area contributed by atoms with Gasteiger partial charge in [-0.1, -0.05) is 0 Å². The second-order valence-electron chi connectivity index (χ2n) is 6.70. The standard InChI is InChI=1S/C16H21BrF2N2O2/c1-16(2,3)23-15(22)20(4)10-5-6-21(9-10)14-8-12(18)11(17)7-13(14)19/h7-8,10H,5-6,9H2,1-4H3. The van der Waals surface area contributed by atoms with Crippen LogP contribution in [0.3, 0.4) is 0 Å². The Morgan fingerprint density at radius 3 is 2.61 bits per heavy atom. The van der Waals surface area contributed by atoms with E-state index in [0.717, 1.165) is 6.07 Å². The Bertz CT molecular complexity index is 604. The number of nitrogens with zero attached hydrogens (tertiary/aromatic N) is 2. The summed E-state index contributed by atoms with van der Waals surface area (Å²) in [6.07, 6.45) is 0.263. The van der Waals surface area contributed by atoms with Crippen LogP contribution >= 0.6 is 15.9 Å². The summed E-state index contributed by atoms with van der Waals surface area (Å²) in [4.78, 5) is 15.4. The van der Waals surface area contributed by atoms with Gasteiger partial charge in [-0.25, -0.2) is 13.6 Å². The Morgan fingerprint density at radius 2 is 2.00 bits per heavy atom. The van der Waals surface area contributed by atoms with Gasteiger partial charge in [-0.3, -0.25) is 0 Å². The Kier molecular flexibility index (Phi) is 5.18. The number of ether oxygens (including phenoxy) is 1. The summed E-state index contributed by atoms with van der Waals surface area (Å²) in [5.41, 5.74) is -0.351. The maximum Gasteiger partial charge on any atom is 0.410 e. The zero-order chi connectivity index (χ0) is 17.4. The molecule has 1 aromatic carbocycles. The van der Waals surface area contributed by atoms with E-state index in [1.165, 1.54) is 11.0 Å². The van der Waals surface area contributed by atoms with Crippen molar-refractivity contribution in [2.75, 3.05) is 25.0 Å².